The summed E-state index contributed by atoms with van der Waals surface area (Å²) in [6.45, 7) is 13.2. The van der Waals surface area contributed by atoms with Crippen molar-refractivity contribution >= 4 is 40.6 Å². The summed E-state index contributed by atoms with van der Waals surface area (Å²) in [5.74, 6) is 0.820. The van der Waals surface area contributed by atoms with Crippen molar-refractivity contribution < 1.29 is 28.6 Å². The molecule has 0 aliphatic carbocycles. The van der Waals surface area contributed by atoms with E-state index in [2.05, 4.69) is 46.7 Å². The summed E-state index contributed by atoms with van der Waals surface area (Å²) in [6, 6.07) is 20.3. The van der Waals surface area contributed by atoms with Gasteiger partial charge in [0.25, 0.3) is 11.8 Å². The first-order valence-corrected chi connectivity index (χ1v) is 18.9. The van der Waals surface area contributed by atoms with Crippen LogP contribution in [-0.4, -0.2) is 74.9 Å². The largest absolute Gasteiger partial charge is 0.496 e. The van der Waals surface area contributed by atoms with Gasteiger partial charge in [-0.15, -0.1) is 0 Å². The van der Waals surface area contributed by atoms with Crippen molar-refractivity contribution in [2.45, 2.75) is 66.7 Å². The van der Waals surface area contributed by atoms with Gasteiger partial charge in [-0.25, -0.2) is 0 Å². The Morgan fingerprint density at radius 2 is 1.38 bits per heavy atom. The molecule has 2 aliphatic rings. The van der Waals surface area contributed by atoms with Gasteiger partial charge >= 0.3 is 0 Å². The lowest BCUT2D eigenvalue weighted by Crippen LogP contribution is -2.27. The number of hydrogen-bond acceptors (Lipinski definition) is 8. The molecule has 0 fully saturated rings. The van der Waals surface area contributed by atoms with E-state index in [1.165, 1.54) is 36.5 Å². The number of carbonyl (C=O) groups is 3. The minimum absolute atomic E-state index is 0.00988. The molecule has 0 bridgehead atoms. The van der Waals surface area contributed by atoms with Crippen LogP contribution in [0.15, 0.2) is 66.7 Å². The highest BCUT2D eigenvalue weighted by atomic mass is 35.5. The summed E-state index contributed by atoms with van der Waals surface area (Å²) in [6.07, 6.45) is 1.89. The van der Waals surface area contributed by atoms with Gasteiger partial charge in [0.2, 0.25) is 0 Å². The van der Waals surface area contributed by atoms with Crippen LogP contribution in [-0.2, 0) is 25.9 Å². The molecule has 2 aliphatic heterocycles. The van der Waals surface area contributed by atoms with Crippen molar-refractivity contribution in [3.05, 3.63) is 111 Å². The Morgan fingerprint density at radius 3 is 2.05 bits per heavy atom. The molecule has 292 valence electrons. The molecule has 55 heavy (non-hydrogen) atoms. The highest BCUT2D eigenvalue weighted by molar-refractivity contribution is 6.32. The summed E-state index contributed by atoms with van der Waals surface area (Å²) in [5.41, 5.74) is 7.29. The van der Waals surface area contributed by atoms with E-state index in [-0.39, 0.29) is 23.7 Å². The van der Waals surface area contributed by atoms with Crippen molar-refractivity contribution in [3.8, 4) is 17.2 Å². The van der Waals surface area contributed by atoms with Crippen molar-refractivity contribution in [3.63, 3.8) is 0 Å². The van der Waals surface area contributed by atoms with Gasteiger partial charge in [-0.1, -0.05) is 50.6 Å². The highest BCUT2D eigenvalue weighted by Crippen LogP contribution is 2.34. The first kappa shape index (κ1) is 41.3. The number of ether oxygens (including phenoxy) is 3. The van der Waals surface area contributed by atoms with Crippen LogP contribution in [0.5, 0.6) is 17.2 Å². The second kappa shape index (κ2) is 17.7. The molecule has 11 heteroatoms. The molecule has 10 nitrogen and oxygen atoms in total. The van der Waals surface area contributed by atoms with Gasteiger partial charge in [-0.2, -0.15) is 0 Å². The van der Waals surface area contributed by atoms with Gasteiger partial charge < -0.3 is 34.6 Å². The number of rotatable bonds is 9. The van der Waals surface area contributed by atoms with Crippen LogP contribution in [0.2, 0.25) is 5.02 Å². The number of Topliss-reactive ketones (excluding diaryl/α,β-unsaturated/α-hetero) is 1. The van der Waals surface area contributed by atoms with Crippen LogP contribution in [0.4, 0.5) is 11.4 Å². The monoisotopic (exact) mass is 768 g/mol. The zero-order valence-corrected chi connectivity index (χ0v) is 34.1. The number of likely N-dealkylation sites (N-methyl/N-ethyl adjacent to an activating group) is 2. The van der Waals surface area contributed by atoms with Crippen LogP contribution < -0.4 is 24.8 Å². The van der Waals surface area contributed by atoms with E-state index in [0.29, 0.717) is 39.0 Å². The highest BCUT2D eigenvalue weighted by Gasteiger charge is 2.26. The predicted octanol–water partition coefficient (Wildman–Crippen LogP) is 8.54. The SMILES string of the molecule is COc1cc(OC(C)C)c(Cl)cc1C(=O)Nc1ccc2c(c1)CN(C)CC2.COc1ccc(C(=O)C(C)(C)C)cc1C(=O)Nc1cccc2c1CCN(C)C2. The van der Waals surface area contributed by atoms with E-state index >= 15 is 0 Å². The van der Waals surface area contributed by atoms with Gasteiger partial charge in [-0.05, 0) is 106 Å². The molecule has 6 rings (SSSR count). The lowest BCUT2D eigenvalue weighted by Gasteiger charge is -2.27. The summed E-state index contributed by atoms with van der Waals surface area (Å²) >= 11 is 6.29. The van der Waals surface area contributed by atoms with Gasteiger partial charge in [0, 0.05) is 54.6 Å². The van der Waals surface area contributed by atoms with Crippen LogP contribution in [0, 0.1) is 5.41 Å². The Kier molecular flexibility index (Phi) is 13.3. The molecule has 2 heterocycles. The Bertz CT molecular complexity index is 2060. The third kappa shape index (κ3) is 10.2. The third-order valence-electron chi connectivity index (χ3n) is 9.62. The fraction of sp³-hybridized carbons (Fsp3) is 0.386. The topological polar surface area (TPSA) is 109 Å². The van der Waals surface area contributed by atoms with Gasteiger partial charge in [0.1, 0.15) is 17.2 Å². The molecule has 2 N–H and O–H groups in total. The number of halogens is 1. The summed E-state index contributed by atoms with van der Waals surface area (Å²) in [5, 5.41) is 6.36. The number of nitrogens with zero attached hydrogens (tertiary/aromatic N) is 2. The molecule has 2 amide bonds. The van der Waals surface area contributed by atoms with Crippen molar-refractivity contribution in [2.75, 3.05) is 52.0 Å². The Hall–Kier alpha value is -4.90. The van der Waals surface area contributed by atoms with E-state index in [4.69, 9.17) is 25.8 Å². The standard InChI is InChI=1S/C23H28N2O3.C21H25ClN2O3/c1-23(2,3)21(26)15-9-10-20(28-5)18(13-15)22(27)24-19-8-6-7-16-14-25(4)12-11-17(16)19;1-13(2)27-20-11-19(26-4)17(10-18(20)22)21(25)23-16-6-5-14-7-8-24(3)12-15(14)9-16/h6-10,13H,11-12,14H2,1-5H3,(H,24,27);5-6,9-11,13H,7-8,12H2,1-4H3,(H,23,25). The Balaban J connectivity index is 0.000000211. The fourth-order valence-electron chi connectivity index (χ4n) is 6.72. The number of carbonyl (C=O) groups excluding carboxylic acids is 3. The normalized spacial score (nSPS) is 14.2. The Morgan fingerprint density at radius 1 is 0.727 bits per heavy atom. The first-order chi connectivity index (χ1) is 26.1. The number of ketones is 1. The smallest absolute Gasteiger partial charge is 0.259 e. The molecule has 0 aromatic heterocycles. The summed E-state index contributed by atoms with van der Waals surface area (Å²) in [7, 11) is 7.24. The molecule has 0 unspecified atom stereocenters. The zero-order valence-electron chi connectivity index (χ0n) is 33.4. The van der Waals surface area contributed by atoms with Crippen LogP contribution in [0.3, 0.4) is 0 Å². The van der Waals surface area contributed by atoms with Gasteiger partial charge in [0.05, 0.1) is 36.5 Å². The molecule has 0 atom stereocenters. The number of anilines is 2. The maximum atomic E-state index is 13.1. The molecule has 4 aromatic rings. The van der Waals surface area contributed by atoms with E-state index in [9.17, 15) is 14.4 Å². The predicted molar refractivity (Wildman–Crippen MR) is 219 cm³/mol. The third-order valence-corrected chi connectivity index (χ3v) is 9.92. The average Bonchev–Trinajstić information content (AvgIpc) is 3.14. The van der Waals surface area contributed by atoms with Crippen molar-refractivity contribution in [1.82, 2.24) is 9.80 Å². The lowest BCUT2D eigenvalue weighted by molar-refractivity contribution is 0.0858. The molecule has 0 radical (unpaired) electrons. The number of nitrogens with one attached hydrogen (secondary N) is 2. The fourth-order valence-corrected chi connectivity index (χ4v) is 6.92. The van der Waals surface area contributed by atoms with E-state index < -0.39 is 5.41 Å². The Labute approximate surface area is 330 Å². The van der Waals surface area contributed by atoms with Gasteiger partial charge in [0.15, 0.2) is 5.78 Å². The minimum Gasteiger partial charge on any atom is -0.496 e. The van der Waals surface area contributed by atoms with E-state index in [0.717, 1.165) is 50.4 Å². The quantitative estimate of drug-likeness (QED) is 0.163. The van der Waals surface area contributed by atoms with E-state index in [1.54, 1.807) is 30.3 Å². The van der Waals surface area contributed by atoms with Crippen LogP contribution in [0.1, 0.15) is 87.9 Å². The summed E-state index contributed by atoms with van der Waals surface area (Å²) in [4.78, 5) is 43.0. The number of hydrogen-bond donors (Lipinski definition) is 2. The maximum absolute atomic E-state index is 13.1. The molecule has 0 spiro atoms. The van der Waals surface area contributed by atoms with Crippen molar-refractivity contribution in [2.24, 2.45) is 5.41 Å². The average molecular weight is 769 g/mol. The number of fused-ring (bicyclic) bond motifs is 2. The molecular weight excluding hydrogens is 716 g/mol. The first-order valence-electron chi connectivity index (χ1n) is 18.6. The van der Waals surface area contributed by atoms with Crippen LogP contribution in [0.25, 0.3) is 0 Å². The second-order valence-corrected chi connectivity index (χ2v) is 15.9. The molecule has 4 aromatic carbocycles. The number of methoxy groups -OCH3 is 2. The molecule has 0 saturated heterocycles. The number of benzene rings is 4. The van der Waals surface area contributed by atoms with Crippen LogP contribution >= 0.6 is 11.6 Å². The van der Waals surface area contributed by atoms with E-state index in [1.807, 2.05) is 58.9 Å². The summed E-state index contributed by atoms with van der Waals surface area (Å²) < 4.78 is 16.4. The lowest BCUT2D eigenvalue weighted by atomic mass is 9.86. The number of amides is 2. The maximum Gasteiger partial charge on any atom is 0.259 e. The van der Waals surface area contributed by atoms with Crippen molar-refractivity contribution in [1.29, 1.82) is 0 Å². The second-order valence-electron chi connectivity index (χ2n) is 15.5. The minimum atomic E-state index is -0.521. The zero-order chi connectivity index (χ0) is 40.0. The molecule has 0 saturated carbocycles. The molecular formula is C44H53ClN4O6. The van der Waals surface area contributed by atoms with Gasteiger partial charge in [-0.3, -0.25) is 14.4 Å².